The van der Waals surface area contributed by atoms with E-state index >= 15 is 0 Å². The van der Waals surface area contributed by atoms with Gasteiger partial charge in [-0.15, -0.1) is 0 Å². The Bertz CT molecular complexity index is 340. The lowest BCUT2D eigenvalue weighted by Crippen LogP contribution is -2.61. The first-order valence-electron chi connectivity index (χ1n) is 4.68. The maximum atomic E-state index is 12.6. The number of carbonyl (C=O) groups is 2. The molecule has 0 saturated heterocycles. The molecule has 0 unspecified atom stereocenters. The van der Waals surface area contributed by atoms with Gasteiger partial charge in [-0.25, -0.2) is 9.59 Å². The molecular weight excluding hydrogens is 279 g/mol. The van der Waals surface area contributed by atoms with Gasteiger partial charge in [0.25, 0.3) is 0 Å². The van der Waals surface area contributed by atoms with E-state index in [9.17, 15) is 22.8 Å². The van der Waals surface area contributed by atoms with E-state index < -0.39 is 28.8 Å². The molecule has 0 rings (SSSR count). The zero-order valence-electron chi connectivity index (χ0n) is 10.1. The number of ether oxygens (including phenoxy) is 2. The van der Waals surface area contributed by atoms with Crippen LogP contribution < -0.4 is 5.32 Å². The summed E-state index contributed by atoms with van der Waals surface area (Å²) in [7, 11) is 0.710. The van der Waals surface area contributed by atoms with Crippen molar-refractivity contribution in [3.8, 4) is 0 Å². The fourth-order valence-corrected chi connectivity index (χ4v) is 0.977. The summed E-state index contributed by atoms with van der Waals surface area (Å²) in [4.78, 5) is 18.6. The van der Waals surface area contributed by atoms with Crippen molar-refractivity contribution in [3.05, 3.63) is 0 Å². The Balaban J connectivity index is 5.06. The standard InChI is InChI=1S/C9H13ClF3NO4/c1-7(2,3)18-6(16)14-8(10,5(15)17-4)9(11,12)13/h1-4H3,(H,14,16)/t8-/m0/s1. The number of carbonyl (C=O) groups excluding carboxylic acids is 2. The maximum Gasteiger partial charge on any atom is 0.437 e. The third kappa shape index (κ3) is 4.25. The molecule has 18 heavy (non-hydrogen) atoms. The lowest BCUT2D eigenvalue weighted by atomic mass is 10.2. The molecule has 0 saturated carbocycles. The molecule has 1 amide bonds. The second kappa shape index (κ2) is 5.21. The van der Waals surface area contributed by atoms with Crippen LogP contribution in [0.1, 0.15) is 20.8 Å². The normalized spacial score (nSPS) is 15.6. The fraction of sp³-hybridized carbons (Fsp3) is 0.778. The van der Waals surface area contributed by atoms with Crippen LogP contribution in [0.4, 0.5) is 18.0 Å². The molecule has 0 aliphatic heterocycles. The van der Waals surface area contributed by atoms with Crippen molar-refractivity contribution in [1.29, 1.82) is 0 Å². The zero-order chi connectivity index (χ0) is 14.8. The largest absolute Gasteiger partial charge is 0.466 e. The van der Waals surface area contributed by atoms with Gasteiger partial charge in [-0.3, -0.25) is 5.32 Å². The van der Waals surface area contributed by atoms with Crippen LogP contribution in [0, 0.1) is 0 Å². The molecule has 0 radical (unpaired) electrons. The van der Waals surface area contributed by atoms with Gasteiger partial charge >= 0.3 is 23.2 Å². The van der Waals surface area contributed by atoms with Gasteiger partial charge in [-0.2, -0.15) is 13.2 Å². The van der Waals surface area contributed by atoms with Gasteiger partial charge in [0.2, 0.25) is 0 Å². The van der Waals surface area contributed by atoms with Crippen molar-refractivity contribution in [2.45, 2.75) is 37.5 Å². The lowest BCUT2D eigenvalue weighted by molar-refractivity contribution is -0.191. The lowest BCUT2D eigenvalue weighted by Gasteiger charge is -2.29. The summed E-state index contributed by atoms with van der Waals surface area (Å²) in [5.41, 5.74) is -1.04. The van der Waals surface area contributed by atoms with Crippen molar-refractivity contribution < 1.29 is 32.2 Å². The zero-order valence-corrected chi connectivity index (χ0v) is 10.9. The second-order valence-electron chi connectivity index (χ2n) is 4.27. The van der Waals surface area contributed by atoms with E-state index in [1.54, 1.807) is 0 Å². The minimum absolute atomic E-state index is 0.710. The molecule has 0 spiro atoms. The first-order valence-corrected chi connectivity index (χ1v) is 5.06. The number of hydrogen-bond acceptors (Lipinski definition) is 4. The number of amides is 1. The number of alkyl carbamates (subject to hydrolysis) is 1. The van der Waals surface area contributed by atoms with Crippen molar-refractivity contribution in [2.24, 2.45) is 0 Å². The van der Waals surface area contributed by atoms with Crippen molar-refractivity contribution in [3.63, 3.8) is 0 Å². The summed E-state index contributed by atoms with van der Waals surface area (Å²) in [6, 6.07) is 0. The Morgan fingerprint density at radius 2 is 1.61 bits per heavy atom. The molecule has 0 aromatic heterocycles. The summed E-state index contributed by atoms with van der Waals surface area (Å²) >= 11 is 5.08. The monoisotopic (exact) mass is 291 g/mol. The van der Waals surface area contributed by atoms with E-state index in [0.717, 1.165) is 0 Å². The van der Waals surface area contributed by atoms with Crippen LogP contribution in [0.3, 0.4) is 0 Å². The highest BCUT2D eigenvalue weighted by Crippen LogP contribution is 2.35. The van der Waals surface area contributed by atoms with Crippen LogP contribution >= 0.6 is 11.6 Å². The number of alkyl halides is 4. The third-order valence-corrected chi connectivity index (χ3v) is 1.99. The van der Waals surface area contributed by atoms with E-state index in [4.69, 9.17) is 11.6 Å². The quantitative estimate of drug-likeness (QED) is 0.481. The molecule has 0 aromatic carbocycles. The Morgan fingerprint density at radius 1 is 1.17 bits per heavy atom. The van der Waals surface area contributed by atoms with Crippen molar-refractivity contribution in [2.75, 3.05) is 7.11 Å². The highest BCUT2D eigenvalue weighted by molar-refractivity contribution is 6.35. The average molecular weight is 292 g/mol. The van der Waals surface area contributed by atoms with Gasteiger partial charge in [0.05, 0.1) is 7.11 Å². The Labute approximate surface area is 107 Å². The van der Waals surface area contributed by atoms with Crippen LogP contribution in [-0.2, 0) is 14.3 Å². The molecule has 1 atom stereocenters. The number of esters is 1. The highest BCUT2D eigenvalue weighted by atomic mass is 35.5. The topological polar surface area (TPSA) is 64.6 Å². The van der Waals surface area contributed by atoms with Gasteiger partial charge in [-0.05, 0) is 20.8 Å². The van der Waals surface area contributed by atoms with Crippen molar-refractivity contribution >= 4 is 23.7 Å². The summed E-state index contributed by atoms with van der Waals surface area (Å²) in [6.07, 6.45) is -6.72. The molecule has 5 nitrogen and oxygen atoms in total. The van der Waals surface area contributed by atoms with Crippen LogP contribution in [0.15, 0.2) is 0 Å². The minimum atomic E-state index is -5.24. The SMILES string of the molecule is COC(=O)[C@](Cl)(NC(=O)OC(C)(C)C)C(F)(F)F. The number of hydrogen-bond donors (Lipinski definition) is 1. The van der Waals surface area contributed by atoms with Gasteiger partial charge in [0, 0.05) is 0 Å². The first kappa shape index (κ1) is 16.8. The molecule has 0 aliphatic rings. The number of methoxy groups -OCH3 is 1. The number of nitrogens with one attached hydrogen (secondary N) is 1. The highest BCUT2D eigenvalue weighted by Gasteiger charge is 2.62. The predicted octanol–water partition coefficient (Wildman–Crippen LogP) is 2.18. The molecule has 106 valence electrons. The summed E-state index contributed by atoms with van der Waals surface area (Å²) in [5, 5.41) is 1.25. The van der Waals surface area contributed by atoms with E-state index in [-0.39, 0.29) is 0 Å². The van der Waals surface area contributed by atoms with E-state index in [1.165, 1.54) is 26.1 Å². The molecule has 0 bridgehead atoms. The third-order valence-electron chi connectivity index (χ3n) is 1.53. The van der Waals surface area contributed by atoms with Gasteiger partial charge in [0.1, 0.15) is 5.60 Å². The number of halogens is 4. The van der Waals surface area contributed by atoms with E-state index in [2.05, 4.69) is 9.47 Å². The minimum Gasteiger partial charge on any atom is -0.466 e. The van der Waals surface area contributed by atoms with Gasteiger partial charge in [-0.1, -0.05) is 11.6 Å². The van der Waals surface area contributed by atoms with Crippen molar-refractivity contribution in [1.82, 2.24) is 5.32 Å². The fourth-order valence-electron chi connectivity index (χ4n) is 0.823. The second-order valence-corrected chi connectivity index (χ2v) is 4.84. The molecular formula is C9H13ClF3NO4. The Hall–Kier alpha value is -1.18. The maximum absolute atomic E-state index is 12.6. The Morgan fingerprint density at radius 3 is 1.89 bits per heavy atom. The summed E-state index contributed by atoms with van der Waals surface area (Å²) in [5.74, 6) is -1.86. The Kier molecular flexibility index (Phi) is 4.87. The van der Waals surface area contributed by atoms with Crippen LogP contribution in [0.2, 0.25) is 0 Å². The van der Waals surface area contributed by atoms with Crippen LogP contribution in [-0.4, -0.2) is 35.9 Å². The molecule has 1 N–H and O–H groups in total. The summed E-state index contributed by atoms with van der Waals surface area (Å²) in [6.45, 7) is 4.32. The summed E-state index contributed by atoms with van der Waals surface area (Å²) < 4.78 is 46.4. The molecule has 0 fully saturated rings. The molecule has 9 heteroatoms. The van der Waals surface area contributed by atoms with Gasteiger partial charge in [0.15, 0.2) is 0 Å². The van der Waals surface area contributed by atoms with E-state index in [1.807, 2.05) is 0 Å². The van der Waals surface area contributed by atoms with E-state index in [0.29, 0.717) is 7.11 Å². The molecule has 0 aliphatic carbocycles. The molecule has 0 aromatic rings. The van der Waals surface area contributed by atoms with Crippen LogP contribution in [0.25, 0.3) is 0 Å². The smallest absolute Gasteiger partial charge is 0.437 e. The first-order chi connectivity index (χ1) is 7.83. The average Bonchev–Trinajstić information content (AvgIpc) is 2.11. The molecule has 0 heterocycles. The van der Waals surface area contributed by atoms with Gasteiger partial charge < -0.3 is 9.47 Å². The number of rotatable bonds is 2. The predicted molar refractivity (Wildman–Crippen MR) is 56.0 cm³/mol. The van der Waals surface area contributed by atoms with Crippen LogP contribution in [0.5, 0.6) is 0 Å².